The number of hydrogen-bond donors (Lipinski definition) is 1. The lowest BCUT2D eigenvalue weighted by Crippen LogP contribution is -2.42. The molecule has 5 heteroatoms. The minimum atomic E-state index is -0.0312. The molecule has 5 nitrogen and oxygen atoms in total. The second kappa shape index (κ2) is 7.28. The van der Waals surface area contributed by atoms with Gasteiger partial charge in [0.25, 0.3) is 0 Å². The minimum absolute atomic E-state index is 0.0312. The average molecular weight is 266 g/mol. The Morgan fingerprint density at radius 1 is 1.47 bits per heavy atom. The van der Waals surface area contributed by atoms with Crippen LogP contribution >= 0.6 is 0 Å². The van der Waals surface area contributed by atoms with Crippen LogP contribution in [0.2, 0.25) is 0 Å². The van der Waals surface area contributed by atoms with Crippen LogP contribution in [0.5, 0.6) is 0 Å². The van der Waals surface area contributed by atoms with Gasteiger partial charge in [-0.1, -0.05) is 20.8 Å². The predicted molar refractivity (Wildman–Crippen MR) is 76.6 cm³/mol. The zero-order valence-electron chi connectivity index (χ0n) is 12.3. The van der Waals surface area contributed by atoms with Crippen molar-refractivity contribution in [2.75, 3.05) is 19.6 Å². The SMILES string of the molecule is CCCN(CC(C)(C)CN)C(=O)CCn1cccn1. The standard InChI is InChI=1S/C14H26N4O/c1-4-8-17(12-14(2,3)11-15)13(19)6-10-18-9-5-7-16-18/h5,7,9H,4,6,8,10-12,15H2,1-3H3. The Morgan fingerprint density at radius 2 is 2.21 bits per heavy atom. The van der Waals surface area contributed by atoms with Gasteiger partial charge in [0.1, 0.15) is 0 Å². The molecule has 1 amide bonds. The number of hydrogen-bond acceptors (Lipinski definition) is 3. The molecule has 0 spiro atoms. The second-order valence-corrected chi connectivity index (χ2v) is 5.70. The summed E-state index contributed by atoms with van der Waals surface area (Å²) in [5, 5.41) is 4.11. The quantitative estimate of drug-likeness (QED) is 0.775. The summed E-state index contributed by atoms with van der Waals surface area (Å²) in [5.74, 6) is 0.180. The van der Waals surface area contributed by atoms with Crippen LogP contribution in [0.25, 0.3) is 0 Å². The fraction of sp³-hybridized carbons (Fsp3) is 0.714. The van der Waals surface area contributed by atoms with Crippen molar-refractivity contribution in [3.05, 3.63) is 18.5 Å². The third-order valence-corrected chi connectivity index (χ3v) is 3.13. The van der Waals surface area contributed by atoms with Crippen molar-refractivity contribution < 1.29 is 4.79 Å². The molecule has 108 valence electrons. The van der Waals surface area contributed by atoms with Crippen LogP contribution in [0.4, 0.5) is 0 Å². The fourth-order valence-corrected chi connectivity index (χ4v) is 1.94. The summed E-state index contributed by atoms with van der Waals surface area (Å²) in [7, 11) is 0. The van der Waals surface area contributed by atoms with Gasteiger partial charge in [0.15, 0.2) is 0 Å². The maximum Gasteiger partial charge on any atom is 0.224 e. The topological polar surface area (TPSA) is 64.2 Å². The molecule has 1 aromatic rings. The first-order valence-electron chi connectivity index (χ1n) is 6.94. The third-order valence-electron chi connectivity index (χ3n) is 3.13. The molecule has 0 aliphatic carbocycles. The smallest absolute Gasteiger partial charge is 0.224 e. The lowest BCUT2D eigenvalue weighted by Gasteiger charge is -2.31. The summed E-state index contributed by atoms with van der Waals surface area (Å²) in [5.41, 5.74) is 5.72. The van der Waals surface area contributed by atoms with Crippen molar-refractivity contribution in [1.82, 2.24) is 14.7 Å². The zero-order valence-corrected chi connectivity index (χ0v) is 12.3. The molecule has 0 atom stereocenters. The Kier molecular flexibility index (Phi) is 6.02. The molecule has 2 N–H and O–H groups in total. The Labute approximate surface area is 115 Å². The summed E-state index contributed by atoms with van der Waals surface area (Å²) in [4.78, 5) is 14.2. The average Bonchev–Trinajstić information content (AvgIpc) is 2.88. The van der Waals surface area contributed by atoms with E-state index >= 15 is 0 Å². The van der Waals surface area contributed by atoms with Crippen LogP contribution in [0.1, 0.15) is 33.6 Å². The number of nitrogens with two attached hydrogens (primary N) is 1. The normalized spacial score (nSPS) is 11.6. The highest BCUT2D eigenvalue weighted by Gasteiger charge is 2.23. The summed E-state index contributed by atoms with van der Waals surface area (Å²) >= 11 is 0. The zero-order chi connectivity index (χ0) is 14.3. The Morgan fingerprint density at radius 3 is 2.74 bits per heavy atom. The molecule has 0 aliphatic heterocycles. The van der Waals surface area contributed by atoms with E-state index in [0.29, 0.717) is 19.5 Å². The van der Waals surface area contributed by atoms with Gasteiger partial charge in [0, 0.05) is 38.4 Å². The lowest BCUT2D eigenvalue weighted by atomic mass is 9.93. The first-order chi connectivity index (χ1) is 8.98. The molecule has 0 unspecified atom stereocenters. The molecule has 0 bridgehead atoms. The van der Waals surface area contributed by atoms with E-state index in [0.717, 1.165) is 19.5 Å². The predicted octanol–water partition coefficient (Wildman–Crippen LogP) is 1.50. The maximum atomic E-state index is 12.3. The number of aryl methyl sites for hydroxylation is 1. The van der Waals surface area contributed by atoms with E-state index in [-0.39, 0.29) is 11.3 Å². The van der Waals surface area contributed by atoms with Crippen molar-refractivity contribution in [3.63, 3.8) is 0 Å². The van der Waals surface area contributed by atoms with E-state index in [1.54, 1.807) is 10.9 Å². The van der Waals surface area contributed by atoms with Gasteiger partial charge in [0.05, 0.1) is 0 Å². The molecule has 0 fully saturated rings. The molecule has 0 saturated heterocycles. The number of nitrogens with zero attached hydrogens (tertiary/aromatic N) is 3. The van der Waals surface area contributed by atoms with Crippen LogP contribution in [0.15, 0.2) is 18.5 Å². The summed E-state index contributed by atoms with van der Waals surface area (Å²) in [6.45, 7) is 9.00. The van der Waals surface area contributed by atoms with Crippen LogP contribution in [0, 0.1) is 5.41 Å². The first-order valence-corrected chi connectivity index (χ1v) is 6.94. The van der Waals surface area contributed by atoms with E-state index in [2.05, 4.69) is 25.9 Å². The minimum Gasteiger partial charge on any atom is -0.342 e. The molecular weight excluding hydrogens is 240 g/mol. The summed E-state index contributed by atoms with van der Waals surface area (Å²) < 4.78 is 1.79. The maximum absolute atomic E-state index is 12.3. The monoisotopic (exact) mass is 266 g/mol. The van der Waals surface area contributed by atoms with Gasteiger partial charge in [-0.05, 0) is 24.4 Å². The highest BCUT2D eigenvalue weighted by atomic mass is 16.2. The highest BCUT2D eigenvalue weighted by Crippen LogP contribution is 2.16. The van der Waals surface area contributed by atoms with Gasteiger partial charge >= 0.3 is 0 Å². The third kappa shape index (κ3) is 5.42. The molecule has 1 rings (SSSR count). The van der Waals surface area contributed by atoms with E-state index in [1.165, 1.54) is 0 Å². The number of rotatable bonds is 8. The van der Waals surface area contributed by atoms with E-state index < -0.39 is 0 Å². The van der Waals surface area contributed by atoms with Crippen molar-refractivity contribution >= 4 is 5.91 Å². The highest BCUT2D eigenvalue weighted by molar-refractivity contribution is 5.76. The van der Waals surface area contributed by atoms with Gasteiger partial charge < -0.3 is 10.6 Å². The molecule has 1 aromatic heterocycles. The molecule has 0 aliphatic rings. The largest absolute Gasteiger partial charge is 0.342 e. The number of aromatic nitrogens is 2. The van der Waals surface area contributed by atoms with Gasteiger partial charge in [-0.2, -0.15) is 5.10 Å². The van der Waals surface area contributed by atoms with Crippen molar-refractivity contribution in [1.29, 1.82) is 0 Å². The van der Waals surface area contributed by atoms with E-state index in [1.807, 2.05) is 17.2 Å². The van der Waals surface area contributed by atoms with Gasteiger partial charge in [0.2, 0.25) is 5.91 Å². The molecule has 0 radical (unpaired) electrons. The van der Waals surface area contributed by atoms with Crippen LogP contribution in [-0.4, -0.2) is 40.2 Å². The van der Waals surface area contributed by atoms with Crippen molar-refractivity contribution in [2.24, 2.45) is 11.1 Å². The second-order valence-electron chi connectivity index (χ2n) is 5.70. The van der Waals surface area contributed by atoms with Gasteiger partial charge in [-0.3, -0.25) is 9.48 Å². The molecule has 19 heavy (non-hydrogen) atoms. The Hall–Kier alpha value is -1.36. The van der Waals surface area contributed by atoms with Crippen molar-refractivity contribution in [3.8, 4) is 0 Å². The Balaban J connectivity index is 2.52. The van der Waals surface area contributed by atoms with Crippen LogP contribution < -0.4 is 5.73 Å². The van der Waals surface area contributed by atoms with Crippen LogP contribution in [0.3, 0.4) is 0 Å². The van der Waals surface area contributed by atoms with Gasteiger partial charge in [-0.25, -0.2) is 0 Å². The van der Waals surface area contributed by atoms with Crippen LogP contribution in [-0.2, 0) is 11.3 Å². The fourth-order valence-electron chi connectivity index (χ4n) is 1.94. The molecule has 1 heterocycles. The van der Waals surface area contributed by atoms with E-state index in [4.69, 9.17) is 5.73 Å². The summed E-state index contributed by atoms with van der Waals surface area (Å²) in [6, 6.07) is 1.87. The number of amides is 1. The van der Waals surface area contributed by atoms with Crippen molar-refractivity contribution in [2.45, 2.75) is 40.2 Å². The summed E-state index contributed by atoms with van der Waals surface area (Å²) in [6.07, 6.45) is 5.06. The van der Waals surface area contributed by atoms with E-state index in [9.17, 15) is 4.79 Å². The van der Waals surface area contributed by atoms with Gasteiger partial charge in [-0.15, -0.1) is 0 Å². The lowest BCUT2D eigenvalue weighted by molar-refractivity contribution is -0.132. The first kappa shape index (κ1) is 15.7. The molecule has 0 aromatic carbocycles. The number of carbonyl (C=O) groups is 1. The molecular formula is C14H26N4O. The molecule has 0 saturated carbocycles. The number of carbonyl (C=O) groups excluding carboxylic acids is 1. The Bertz CT molecular complexity index is 373.